The maximum absolute atomic E-state index is 13.2. The minimum Gasteiger partial charge on any atom is -0.508 e. The van der Waals surface area contributed by atoms with E-state index in [1.165, 1.54) is 69.2 Å². The van der Waals surface area contributed by atoms with Crippen molar-refractivity contribution in [3.05, 3.63) is 57.2 Å². The number of phenols is 1. The molecule has 3 rings (SSSR count). The summed E-state index contributed by atoms with van der Waals surface area (Å²) in [6.07, 6.45) is 12.1. The first-order valence-corrected chi connectivity index (χ1v) is 14.1. The Hall–Kier alpha value is -2.95. The van der Waals surface area contributed by atoms with Gasteiger partial charge in [0.15, 0.2) is 5.71 Å². The van der Waals surface area contributed by atoms with E-state index in [9.17, 15) is 19.5 Å². The number of hydrogen-bond donors (Lipinski definition) is 3. The summed E-state index contributed by atoms with van der Waals surface area (Å²) in [7, 11) is 0. The van der Waals surface area contributed by atoms with Crippen LogP contribution in [0.5, 0.6) is 5.75 Å². The highest BCUT2D eigenvalue weighted by atomic mass is 127. The zero-order chi connectivity index (χ0) is 26.6. The third-order valence-corrected chi connectivity index (χ3v) is 6.94. The Morgan fingerprint density at radius 2 is 1.54 bits per heavy atom. The highest BCUT2D eigenvalue weighted by Gasteiger charge is 2.38. The fourth-order valence-corrected chi connectivity index (χ4v) is 4.70. The molecule has 0 fully saturated rings. The highest BCUT2D eigenvalue weighted by molar-refractivity contribution is 14.1. The third-order valence-electron chi connectivity index (χ3n) is 6.27. The third kappa shape index (κ3) is 8.28. The number of benzene rings is 2. The first-order valence-electron chi connectivity index (χ1n) is 13.0. The Morgan fingerprint density at radius 3 is 2.19 bits per heavy atom. The molecule has 0 spiro atoms. The lowest BCUT2D eigenvalue weighted by Crippen LogP contribution is -2.44. The van der Waals surface area contributed by atoms with Crippen molar-refractivity contribution in [2.45, 2.75) is 71.1 Å². The molecule has 0 saturated carbocycles. The number of carbonyl (C=O) groups is 3. The van der Waals surface area contributed by atoms with Gasteiger partial charge in [-0.05, 0) is 71.5 Å². The van der Waals surface area contributed by atoms with Gasteiger partial charge in [-0.15, -0.1) is 0 Å². The van der Waals surface area contributed by atoms with Crippen molar-refractivity contribution in [1.82, 2.24) is 10.7 Å². The lowest BCUT2D eigenvalue weighted by atomic mass is 10.1. The van der Waals surface area contributed by atoms with E-state index in [2.05, 4.69) is 45.4 Å². The summed E-state index contributed by atoms with van der Waals surface area (Å²) >= 11 is 2.12. The number of urea groups is 1. The van der Waals surface area contributed by atoms with E-state index in [1.54, 1.807) is 12.1 Å². The molecule has 1 heterocycles. The standard InChI is InChI=1S/C28H35IN4O4/c1-2-3-4-5-6-7-8-9-10-11-18-30-28(37)33-24-17-14-21(29)19-23(24)25(27(33)36)31-32-26(35)20-12-15-22(34)16-13-20/h12-17,19,34H,2-11,18H2,1H3,(H,30,37)(H,32,35)/b31-25-. The molecular formula is C28H35IN4O4. The van der Waals surface area contributed by atoms with Gasteiger partial charge in [-0.2, -0.15) is 5.10 Å². The number of amides is 4. The fraction of sp³-hybridized carbons (Fsp3) is 0.429. The van der Waals surface area contributed by atoms with E-state index in [0.29, 0.717) is 17.8 Å². The molecule has 9 heteroatoms. The molecule has 4 amide bonds. The van der Waals surface area contributed by atoms with E-state index < -0.39 is 17.8 Å². The molecule has 0 atom stereocenters. The van der Waals surface area contributed by atoms with E-state index in [-0.39, 0.29) is 17.0 Å². The van der Waals surface area contributed by atoms with Crippen LogP contribution in [0.25, 0.3) is 0 Å². The van der Waals surface area contributed by atoms with Crippen LogP contribution >= 0.6 is 22.6 Å². The Balaban J connectivity index is 1.53. The Kier molecular flexibility index (Phi) is 11.4. The number of rotatable bonds is 13. The zero-order valence-electron chi connectivity index (χ0n) is 21.3. The second-order valence-corrected chi connectivity index (χ2v) is 10.4. The summed E-state index contributed by atoms with van der Waals surface area (Å²) in [5, 5.41) is 16.3. The monoisotopic (exact) mass is 618 g/mol. The molecule has 1 aliphatic heterocycles. The number of phenolic OH excluding ortho intramolecular Hbond substituents is 1. The molecule has 2 aromatic carbocycles. The fourth-order valence-electron chi connectivity index (χ4n) is 4.20. The van der Waals surface area contributed by atoms with Crippen LogP contribution in [0.3, 0.4) is 0 Å². The molecule has 0 unspecified atom stereocenters. The molecule has 0 bridgehead atoms. The Bertz CT molecular complexity index is 1120. The molecule has 8 nitrogen and oxygen atoms in total. The molecule has 2 aromatic rings. The number of anilines is 1. The number of unbranched alkanes of at least 4 members (excludes halogenated alkanes) is 9. The van der Waals surface area contributed by atoms with Gasteiger partial charge >= 0.3 is 6.03 Å². The van der Waals surface area contributed by atoms with Crippen molar-refractivity contribution in [2.24, 2.45) is 5.10 Å². The highest BCUT2D eigenvalue weighted by Crippen LogP contribution is 2.31. The van der Waals surface area contributed by atoms with Gasteiger partial charge in [0.1, 0.15) is 5.75 Å². The van der Waals surface area contributed by atoms with E-state index in [1.807, 2.05) is 6.07 Å². The first-order chi connectivity index (χ1) is 17.9. The zero-order valence-corrected chi connectivity index (χ0v) is 23.4. The van der Waals surface area contributed by atoms with Gasteiger partial charge in [0, 0.05) is 21.2 Å². The molecule has 198 valence electrons. The maximum atomic E-state index is 13.2. The predicted molar refractivity (Wildman–Crippen MR) is 154 cm³/mol. The van der Waals surface area contributed by atoms with Gasteiger partial charge in [0.25, 0.3) is 11.8 Å². The molecular weight excluding hydrogens is 583 g/mol. The summed E-state index contributed by atoms with van der Waals surface area (Å²) in [5.41, 5.74) is 3.58. The summed E-state index contributed by atoms with van der Waals surface area (Å²) < 4.78 is 0.870. The lowest BCUT2D eigenvalue weighted by molar-refractivity contribution is -0.111. The number of hydrazone groups is 1. The molecule has 3 N–H and O–H groups in total. The number of aromatic hydroxyl groups is 1. The maximum Gasteiger partial charge on any atom is 0.329 e. The van der Waals surface area contributed by atoms with Crippen molar-refractivity contribution in [1.29, 1.82) is 0 Å². The van der Waals surface area contributed by atoms with Crippen LogP contribution in [-0.4, -0.2) is 35.2 Å². The minimum atomic E-state index is -0.594. The predicted octanol–water partition coefficient (Wildman–Crippen LogP) is 6.11. The molecule has 1 aliphatic rings. The number of carbonyl (C=O) groups excluding carboxylic acids is 3. The van der Waals surface area contributed by atoms with Crippen molar-refractivity contribution in [3.8, 4) is 5.75 Å². The van der Waals surface area contributed by atoms with E-state index in [0.717, 1.165) is 27.7 Å². The van der Waals surface area contributed by atoms with Crippen molar-refractivity contribution < 1.29 is 19.5 Å². The Morgan fingerprint density at radius 1 is 0.919 bits per heavy atom. The number of nitrogens with zero attached hydrogens (tertiary/aromatic N) is 2. The normalized spacial score (nSPS) is 13.6. The molecule has 0 aliphatic carbocycles. The average Bonchev–Trinajstić information content (AvgIpc) is 3.16. The van der Waals surface area contributed by atoms with Gasteiger partial charge in [-0.25, -0.2) is 15.1 Å². The van der Waals surface area contributed by atoms with Crippen LogP contribution in [0.1, 0.15) is 87.1 Å². The topological polar surface area (TPSA) is 111 Å². The van der Waals surface area contributed by atoms with Crippen LogP contribution in [-0.2, 0) is 4.79 Å². The van der Waals surface area contributed by atoms with Crippen molar-refractivity contribution >= 4 is 51.8 Å². The van der Waals surface area contributed by atoms with Crippen LogP contribution in [0.2, 0.25) is 0 Å². The number of imide groups is 1. The number of nitrogens with one attached hydrogen (secondary N) is 2. The molecule has 0 radical (unpaired) electrons. The number of halogens is 1. The lowest BCUT2D eigenvalue weighted by Gasteiger charge is -2.16. The Labute approximate surface area is 232 Å². The van der Waals surface area contributed by atoms with Crippen molar-refractivity contribution in [3.63, 3.8) is 0 Å². The minimum absolute atomic E-state index is 0.00488. The van der Waals surface area contributed by atoms with E-state index in [4.69, 9.17) is 0 Å². The van der Waals surface area contributed by atoms with Gasteiger partial charge in [0.2, 0.25) is 0 Å². The van der Waals surface area contributed by atoms with Gasteiger partial charge < -0.3 is 10.4 Å². The quantitative estimate of drug-likeness (QED) is 0.143. The van der Waals surface area contributed by atoms with Crippen LogP contribution in [0.4, 0.5) is 10.5 Å². The SMILES string of the molecule is CCCCCCCCCCCCNC(=O)N1C(=O)/C(=N\NC(=O)c2ccc(O)cc2)c2cc(I)ccc21. The summed E-state index contributed by atoms with van der Waals surface area (Å²) in [6, 6.07) is 10.5. The van der Waals surface area contributed by atoms with Gasteiger partial charge in [0.05, 0.1) is 5.69 Å². The second kappa shape index (κ2) is 14.7. The van der Waals surface area contributed by atoms with Gasteiger partial charge in [-0.3, -0.25) is 9.59 Å². The number of hydrogen-bond acceptors (Lipinski definition) is 5. The summed E-state index contributed by atoms with van der Waals surface area (Å²) in [6.45, 7) is 2.72. The average molecular weight is 619 g/mol. The molecule has 0 saturated heterocycles. The summed E-state index contributed by atoms with van der Waals surface area (Å²) in [5.74, 6) is -1.09. The first kappa shape index (κ1) is 28.6. The van der Waals surface area contributed by atoms with Gasteiger partial charge in [-0.1, -0.05) is 64.7 Å². The van der Waals surface area contributed by atoms with Crippen molar-refractivity contribution in [2.75, 3.05) is 11.4 Å². The second-order valence-electron chi connectivity index (χ2n) is 9.16. The van der Waals surface area contributed by atoms with E-state index >= 15 is 0 Å². The van der Waals surface area contributed by atoms with Crippen LogP contribution in [0.15, 0.2) is 47.6 Å². The molecule has 0 aromatic heterocycles. The number of fused-ring (bicyclic) bond motifs is 1. The van der Waals surface area contributed by atoms with Crippen LogP contribution in [0, 0.1) is 3.57 Å². The van der Waals surface area contributed by atoms with Crippen LogP contribution < -0.4 is 15.6 Å². The smallest absolute Gasteiger partial charge is 0.329 e. The largest absolute Gasteiger partial charge is 0.508 e. The summed E-state index contributed by atoms with van der Waals surface area (Å²) in [4.78, 5) is 39.6. The molecule has 37 heavy (non-hydrogen) atoms.